The van der Waals surface area contributed by atoms with Gasteiger partial charge < -0.3 is 19.9 Å². The molecule has 0 atom stereocenters. The fraction of sp³-hybridized carbons (Fsp3) is 0.286. The molecule has 0 aliphatic carbocycles. The minimum Gasteiger partial charge on any atom is -0.486 e. The molecule has 0 fully saturated rings. The molecule has 2 aliphatic rings. The standard InChI is InChI=1S/C14H13N3O7/c18-2-1-16-13(19)6-9(14(16)20)15-8-5-11-12(24-4-3-23-11)7-10(8)17(21)22/h5-7,15,18H,1-4H2. The van der Waals surface area contributed by atoms with Crippen molar-refractivity contribution in [3.63, 3.8) is 0 Å². The molecule has 2 N–H and O–H groups in total. The van der Waals surface area contributed by atoms with Gasteiger partial charge in [0.25, 0.3) is 17.5 Å². The van der Waals surface area contributed by atoms with Crippen molar-refractivity contribution in [1.29, 1.82) is 0 Å². The quantitative estimate of drug-likeness (QED) is 0.437. The number of carbonyl (C=O) groups is 2. The van der Waals surface area contributed by atoms with E-state index in [1.807, 2.05) is 0 Å². The lowest BCUT2D eigenvalue weighted by molar-refractivity contribution is -0.384. The van der Waals surface area contributed by atoms with Crippen LogP contribution in [0.5, 0.6) is 11.5 Å². The van der Waals surface area contributed by atoms with Crippen LogP contribution in [0.2, 0.25) is 0 Å². The van der Waals surface area contributed by atoms with E-state index in [0.29, 0.717) is 12.4 Å². The Morgan fingerprint density at radius 1 is 1.25 bits per heavy atom. The summed E-state index contributed by atoms with van der Waals surface area (Å²) < 4.78 is 10.7. The number of nitrogens with one attached hydrogen (secondary N) is 1. The molecular formula is C14H13N3O7. The molecule has 10 nitrogen and oxygen atoms in total. The molecule has 2 heterocycles. The van der Waals surface area contributed by atoms with E-state index >= 15 is 0 Å². The number of β-amino-alcohol motifs (C(OH)–C–C–N with tert-alkyl or cyclic N) is 1. The molecule has 0 saturated heterocycles. The number of anilines is 1. The van der Waals surface area contributed by atoms with Gasteiger partial charge in [-0.05, 0) is 0 Å². The van der Waals surface area contributed by atoms with E-state index in [1.54, 1.807) is 0 Å². The zero-order valence-corrected chi connectivity index (χ0v) is 12.4. The summed E-state index contributed by atoms with van der Waals surface area (Å²) in [5.74, 6) is -0.725. The van der Waals surface area contributed by atoms with Crippen molar-refractivity contribution in [3.05, 3.63) is 34.0 Å². The fourth-order valence-electron chi connectivity index (χ4n) is 2.38. The Balaban J connectivity index is 1.92. The molecule has 24 heavy (non-hydrogen) atoms. The highest BCUT2D eigenvalue weighted by atomic mass is 16.6. The second kappa shape index (κ2) is 6.16. The van der Waals surface area contributed by atoms with Crippen LogP contribution in [-0.2, 0) is 9.59 Å². The Morgan fingerprint density at radius 2 is 1.92 bits per heavy atom. The van der Waals surface area contributed by atoms with Gasteiger partial charge >= 0.3 is 0 Å². The molecule has 10 heteroatoms. The zero-order chi connectivity index (χ0) is 17.3. The van der Waals surface area contributed by atoms with E-state index in [9.17, 15) is 19.7 Å². The van der Waals surface area contributed by atoms with Crippen LogP contribution in [0.15, 0.2) is 23.9 Å². The highest BCUT2D eigenvalue weighted by molar-refractivity contribution is 6.17. The van der Waals surface area contributed by atoms with Crippen LogP contribution < -0.4 is 14.8 Å². The van der Waals surface area contributed by atoms with E-state index < -0.39 is 16.7 Å². The third kappa shape index (κ3) is 2.74. The number of nitro benzene ring substituents is 1. The molecule has 3 rings (SSSR count). The lowest BCUT2D eigenvalue weighted by Gasteiger charge is -2.19. The Morgan fingerprint density at radius 3 is 2.54 bits per heavy atom. The van der Waals surface area contributed by atoms with Gasteiger partial charge in [0.1, 0.15) is 24.6 Å². The smallest absolute Gasteiger partial charge is 0.296 e. The second-order valence-electron chi connectivity index (χ2n) is 4.97. The summed E-state index contributed by atoms with van der Waals surface area (Å²) in [5, 5.41) is 22.7. The van der Waals surface area contributed by atoms with Gasteiger partial charge in [-0.2, -0.15) is 0 Å². The number of imide groups is 1. The summed E-state index contributed by atoms with van der Waals surface area (Å²) in [6.45, 7) is 0.0607. The predicted molar refractivity (Wildman–Crippen MR) is 79.6 cm³/mol. The number of benzene rings is 1. The maximum Gasteiger partial charge on any atom is 0.296 e. The lowest BCUT2D eigenvalue weighted by Crippen LogP contribution is -2.34. The third-order valence-corrected chi connectivity index (χ3v) is 3.46. The number of hydrogen-bond acceptors (Lipinski definition) is 8. The van der Waals surface area contributed by atoms with Crippen LogP contribution in [0, 0.1) is 10.1 Å². The number of rotatable bonds is 5. The van der Waals surface area contributed by atoms with Gasteiger partial charge in [0.2, 0.25) is 0 Å². The summed E-state index contributed by atoms with van der Waals surface area (Å²) in [7, 11) is 0. The molecule has 0 saturated carbocycles. The molecule has 126 valence electrons. The minimum atomic E-state index is -0.668. The molecule has 0 radical (unpaired) electrons. The summed E-state index contributed by atoms with van der Waals surface area (Å²) in [4.78, 5) is 35.3. The second-order valence-corrected chi connectivity index (χ2v) is 4.97. The number of aliphatic hydroxyl groups excluding tert-OH is 1. The summed E-state index contributed by atoms with van der Waals surface area (Å²) in [6, 6.07) is 2.55. The van der Waals surface area contributed by atoms with Crippen LogP contribution >= 0.6 is 0 Å². The van der Waals surface area contributed by atoms with E-state index in [1.165, 1.54) is 12.1 Å². The molecule has 1 aromatic carbocycles. The van der Waals surface area contributed by atoms with Crippen molar-refractivity contribution < 1.29 is 29.1 Å². The van der Waals surface area contributed by atoms with Crippen molar-refractivity contribution >= 4 is 23.2 Å². The number of amides is 2. The number of fused-ring (bicyclic) bond motifs is 1. The predicted octanol–water partition coefficient (Wildman–Crippen LogP) is 0.0229. The number of carbonyl (C=O) groups excluding carboxylic acids is 2. The van der Waals surface area contributed by atoms with Crippen LogP contribution in [0.1, 0.15) is 0 Å². The number of aliphatic hydroxyl groups is 1. The molecule has 0 bridgehead atoms. The van der Waals surface area contributed by atoms with Gasteiger partial charge in [0, 0.05) is 12.1 Å². The Kier molecular flexibility index (Phi) is 4.04. The first-order valence-electron chi connectivity index (χ1n) is 7.04. The minimum absolute atomic E-state index is 0.00231. The van der Waals surface area contributed by atoms with Gasteiger partial charge in [-0.3, -0.25) is 24.6 Å². The van der Waals surface area contributed by atoms with Crippen molar-refractivity contribution in [2.75, 3.05) is 31.7 Å². The fourth-order valence-corrected chi connectivity index (χ4v) is 2.38. The van der Waals surface area contributed by atoms with Gasteiger partial charge in [-0.25, -0.2) is 0 Å². The highest BCUT2D eigenvalue weighted by Crippen LogP contribution is 2.40. The van der Waals surface area contributed by atoms with Crippen molar-refractivity contribution in [1.82, 2.24) is 4.90 Å². The normalized spacial score (nSPS) is 16.2. The summed E-state index contributed by atoms with van der Waals surface area (Å²) in [5.41, 5.74) is -0.434. The third-order valence-electron chi connectivity index (χ3n) is 3.46. The average Bonchev–Trinajstić information content (AvgIpc) is 2.82. The topological polar surface area (TPSA) is 131 Å². The SMILES string of the molecule is O=C1C=C(Nc2cc3c(cc2[N+](=O)[O-])OCCO3)C(=O)N1CCO. The molecular weight excluding hydrogens is 322 g/mol. The largest absolute Gasteiger partial charge is 0.486 e. The summed E-state index contributed by atoms with van der Waals surface area (Å²) in [6.07, 6.45) is 1.03. The van der Waals surface area contributed by atoms with Crippen molar-refractivity contribution in [2.45, 2.75) is 0 Å². The molecule has 1 aromatic rings. The number of nitro groups is 1. The maximum atomic E-state index is 12.1. The van der Waals surface area contributed by atoms with Gasteiger partial charge in [-0.1, -0.05) is 0 Å². The first kappa shape index (κ1) is 15.7. The van der Waals surface area contributed by atoms with Gasteiger partial charge in [-0.15, -0.1) is 0 Å². The Labute approximate surface area is 135 Å². The molecule has 0 aromatic heterocycles. The Hall–Kier alpha value is -3.14. The lowest BCUT2D eigenvalue weighted by atomic mass is 10.2. The number of ether oxygens (including phenoxy) is 2. The zero-order valence-electron chi connectivity index (χ0n) is 12.4. The van der Waals surface area contributed by atoms with E-state index in [2.05, 4.69) is 5.32 Å². The first-order chi connectivity index (χ1) is 11.5. The maximum absolute atomic E-state index is 12.1. The van der Waals surface area contributed by atoms with E-state index in [-0.39, 0.29) is 42.6 Å². The molecule has 2 amide bonds. The first-order valence-corrected chi connectivity index (χ1v) is 7.04. The van der Waals surface area contributed by atoms with Crippen LogP contribution in [-0.4, -0.2) is 53.1 Å². The Bertz CT molecular complexity index is 759. The van der Waals surface area contributed by atoms with E-state index in [0.717, 1.165) is 11.0 Å². The summed E-state index contributed by atoms with van der Waals surface area (Å²) >= 11 is 0. The van der Waals surface area contributed by atoms with Gasteiger partial charge in [0.05, 0.1) is 24.1 Å². The highest BCUT2D eigenvalue weighted by Gasteiger charge is 2.32. The van der Waals surface area contributed by atoms with Gasteiger partial charge in [0.15, 0.2) is 11.5 Å². The van der Waals surface area contributed by atoms with Crippen LogP contribution in [0.3, 0.4) is 0 Å². The van der Waals surface area contributed by atoms with Crippen molar-refractivity contribution in [2.24, 2.45) is 0 Å². The number of nitrogens with zero attached hydrogens (tertiary/aromatic N) is 2. The molecule has 0 unspecified atom stereocenters. The monoisotopic (exact) mass is 335 g/mol. The van der Waals surface area contributed by atoms with Crippen LogP contribution in [0.4, 0.5) is 11.4 Å². The average molecular weight is 335 g/mol. The molecule has 2 aliphatic heterocycles. The van der Waals surface area contributed by atoms with Crippen molar-refractivity contribution in [3.8, 4) is 11.5 Å². The van der Waals surface area contributed by atoms with Crippen LogP contribution in [0.25, 0.3) is 0 Å². The number of hydrogen-bond donors (Lipinski definition) is 2. The molecule has 0 spiro atoms. The van der Waals surface area contributed by atoms with E-state index in [4.69, 9.17) is 14.6 Å².